The molecular formula is C22H27ClN2O3S. The fourth-order valence-electron chi connectivity index (χ4n) is 3.45. The van der Waals surface area contributed by atoms with Gasteiger partial charge < -0.3 is 19.6 Å². The molecule has 2 aromatic carbocycles. The number of benzene rings is 2. The molecule has 0 saturated carbocycles. The first-order valence-electron chi connectivity index (χ1n) is 9.72. The quantitative estimate of drug-likeness (QED) is 0.706. The third-order valence-corrected chi connectivity index (χ3v) is 6.63. The fourth-order valence-corrected chi connectivity index (χ4v) is 5.00. The van der Waals surface area contributed by atoms with E-state index in [0.717, 1.165) is 41.4 Å². The summed E-state index contributed by atoms with van der Waals surface area (Å²) in [5.41, 5.74) is 1.66. The molecule has 7 heteroatoms. The molecule has 156 valence electrons. The molecule has 1 heterocycles. The van der Waals surface area contributed by atoms with Gasteiger partial charge in [0.25, 0.3) is 5.91 Å². The van der Waals surface area contributed by atoms with Crippen LogP contribution in [-0.2, 0) is 4.79 Å². The van der Waals surface area contributed by atoms with Crippen molar-refractivity contribution in [2.24, 2.45) is 0 Å². The van der Waals surface area contributed by atoms with Gasteiger partial charge in [0.05, 0.1) is 18.0 Å². The van der Waals surface area contributed by atoms with Crippen LogP contribution in [0.5, 0.6) is 5.75 Å². The molecule has 0 bridgehead atoms. The lowest BCUT2D eigenvalue weighted by Crippen LogP contribution is -2.43. The van der Waals surface area contributed by atoms with Crippen molar-refractivity contribution in [3.63, 3.8) is 0 Å². The maximum atomic E-state index is 13.3. The first-order valence-corrected chi connectivity index (χ1v) is 11.0. The lowest BCUT2D eigenvalue weighted by molar-refractivity contribution is -0.126. The maximum Gasteiger partial charge on any atom is 0.257 e. The highest BCUT2D eigenvalue weighted by molar-refractivity contribution is 7.99. The summed E-state index contributed by atoms with van der Waals surface area (Å²) >= 11 is 7.72. The van der Waals surface area contributed by atoms with Gasteiger partial charge in [-0.1, -0.05) is 30.7 Å². The Balaban J connectivity index is 1.94. The predicted molar refractivity (Wildman–Crippen MR) is 119 cm³/mol. The number of amides is 1. The van der Waals surface area contributed by atoms with Gasteiger partial charge in [-0.05, 0) is 55.9 Å². The second-order valence-electron chi connectivity index (χ2n) is 7.16. The van der Waals surface area contributed by atoms with Gasteiger partial charge in [0.15, 0.2) is 0 Å². The van der Waals surface area contributed by atoms with E-state index in [1.807, 2.05) is 43.4 Å². The topological polar surface area (TPSA) is 53.0 Å². The number of hydrogen-bond donors (Lipinski definition) is 1. The van der Waals surface area contributed by atoms with Crippen LogP contribution in [0.3, 0.4) is 0 Å². The van der Waals surface area contributed by atoms with Crippen molar-refractivity contribution in [3.8, 4) is 5.75 Å². The second kappa shape index (κ2) is 9.85. The Bertz CT molecular complexity index is 846. The van der Waals surface area contributed by atoms with Gasteiger partial charge in [0.2, 0.25) is 0 Å². The van der Waals surface area contributed by atoms with E-state index in [2.05, 4.69) is 11.8 Å². The SMILES string of the molecule is CCCN(C)CCN1C(=O)[C@H](O)[C@H](c2ccc(OC)cc2)Sc2cc(Cl)ccc21. The average molecular weight is 435 g/mol. The molecule has 5 nitrogen and oxygen atoms in total. The molecule has 0 aromatic heterocycles. The van der Waals surface area contributed by atoms with Gasteiger partial charge in [-0.15, -0.1) is 11.8 Å². The minimum absolute atomic E-state index is 0.288. The van der Waals surface area contributed by atoms with Gasteiger partial charge in [0.1, 0.15) is 11.9 Å². The predicted octanol–water partition coefficient (Wildman–Crippen LogP) is 4.23. The number of thioether (sulfide) groups is 1. The summed E-state index contributed by atoms with van der Waals surface area (Å²) in [5.74, 6) is 0.446. The molecule has 2 aromatic rings. The van der Waals surface area contributed by atoms with Crippen LogP contribution in [0, 0.1) is 0 Å². The number of rotatable bonds is 7. The summed E-state index contributed by atoms with van der Waals surface area (Å²) in [6, 6.07) is 13.0. The van der Waals surface area contributed by atoms with Crippen LogP contribution < -0.4 is 9.64 Å². The first kappa shape index (κ1) is 22.0. The minimum atomic E-state index is -1.16. The summed E-state index contributed by atoms with van der Waals surface area (Å²) < 4.78 is 5.23. The van der Waals surface area contributed by atoms with Crippen molar-refractivity contribution in [2.45, 2.75) is 29.6 Å². The molecule has 1 amide bonds. The van der Waals surface area contributed by atoms with Crippen molar-refractivity contribution in [1.82, 2.24) is 4.90 Å². The molecule has 29 heavy (non-hydrogen) atoms. The monoisotopic (exact) mass is 434 g/mol. The van der Waals surface area contributed by atoms with Crippen molar-refractivity contribution in [2.75, 3.05) is 38.7 Å². The second-order valence-corrected chi connectivity index (χ2v) is 8.78. The fraction of sp³-hybridized carbons (Fsp3) is 0.409. The zero-order valence-electron chi connectivity index (χ0n) is 17.0. The lowest BCUT2D eigenvalue weighted by Gasteiger charge is -2.27. The number of anilines is 1. The Hall–Kier alpha value is -1.73. The summed E-state index contributed by atoms with van der Waals surface area (Å²) in [6.45, 7) is 4.33. The van der Waals surface area contributed by atoms with Crippen molar-refractivity contribution in [1.29, 1.82) is 0 Å². The van der Waals surface area contributed by atoms with E-state index >= 15 is 0 Å². The van der Waals surface area contributed by atoms with Crippen molar-refractivity contribution in [3.05, 3.63) is 53.1 Å². The highest BCUT2D eigenvalue weighted by Gasteiger charge is 2.37. The molecule has 1 aliphatic heterocycles. The molecule has 0 unspecified atom stereocenters. The number of carbonyl (C=O) groups excluding carboxylic acids is 1. The van der Waals surface area contributed by atoms with Gasteiger partial charge in [-0.2, -0.15) is 0 Å². The molecule has 1 N–H and O–H groups in total. The number of hydrogen-bond acceptors (Lipinski definition) is 5. The van der Waals surface area contributed by atoms with Crippen LogP contribution >= 0.6 is 23.4 Å². The summed E-state index contributed by atoms with van der Waals surface area (Å²) in [5, 5.41) is 11.2. The van der Waals surface area contributed by atoms with E-state index in [4.69, 9.17) is 16.3 Å². The Kier molecular flexibility index (Phi) is 7.46. The van der Waals surface area contributed by atoms with E-state index < -0.39 is 11.4 Å². The third kappa shape index (κ3) is 5.07. The number of halogens is 1. The number of fused-ring (bicyclic) bond motifs is 1. The van der Waals surface area contributed by atoms with E-state index in [0.29, 0.717) is 11.6 Å². The maximum absolute atomic E-state index is 13.3. The molecular weight excluding hydrogens is 408 g/mol. The van der Waals surface area contributed by atoms with E-state index in [1.54, 1.807) is 18.1 Å². The zero-order chi connectivity index (χ0) is 21.0. The number of aliphatic hydroxyl groups is 1. The van der Waals surface area contributed by atoms with Crippen molar-refractivity contribution < 1.29 is 14.6 Å². The van der Waals surface area contributed by atoms with E-state index in [-0.39, 0.29) is 5.91 Å². The number of aliphatic hydroxyl groups excluding tert-OH is 1. The lowest BCUT2D eigenvalue weighted by atomic mass is 10.1. The van der Waals surface area contributed by atoms with Crippen LogP contribution in [0.4, 0.5) is 5.69 Å². The Labute approximate surface area is 181 Å². The van der Waals surface area contributed by atoms with Crippen LogP contribution in [0.2, 0.25) is 5.02 Å². The number of nitrogens with zero attached hydrogens (tertiary/aromatic N) is 2. The molecule has 2 atom stereocenters. The number of ether oxygens (including phenoxy) is 1. The highest BCUT2D eigenvalue weighted by atomic mass is 35.5. The number of methoxy groups -OCH3 is 1. The Morgan fingerprint density at radius 3 is 2.59 bits per heavy atom. The zero-order valence-corrected chi connectivity index (χ0v) is 18.5. The van der Waals surface area contributed by atoms with Crippen molar-refractivity contribution >= 4 is 35.0 Å². The normalized spacial score (nSPS) is 19.2. The summed E-state index contributed by atoms with van der Waals surface area (Å²) in [7, 11) is 3.65. The van der Waals surface area contributed by atoms with Crippen LogP contribution in [-0.4, -0.2) is 55.8 Å². The van der Waals surface area contributed by atoms with Gasteiger partial charge >= 0.3 is 0 Å². The Morgan fingerprint density at radius 2 is 1.93 bits per heavy atom. The van der Waals surface area contributed by atoms with Crippen LogP contribution in [0.1, 0.15) is 24.2 Å². The molecule has 0 spiro atoms. The van der Waals surface area contributed by atoms with E-state index in [1.165, 1.54) is 11.8 Å². The largest absolute Gasteiger partial charge is 0.497 e. The Morgan fingerprint density at radius 1 is 1.21 bits per heavy atom. The molecule has 0 saturated heterocycles. The molecule has 0 radical (unpaired) electrons. The molecule has 0 aliphatic carbocycles. The highest BCUT2D eigenvalue weighted by Crippen LogP contribution is 2.46. The standard InChI is InChI=1S/C22H27ClN2O3S/c1-4-11-24(2)12-13-25-18-10-7-16(23)14-19(18)29-21(20(26)22(25)27)15-5-8-17(28-3)9-6-15/h5-10,14,20-21,26H,4,11-13H2,1-3H3/t20-,21+/m1/s1. The number of likely N-dealkylation sites (N-methyl/N-ethyl adjacent to an activating group) is 1. The molecule has 3 rings (SSSR count). The number of carbonyl (C=O) groups is 1. The minimum Gasteiger partial charge on any atom is -0.497 e. The van der Waals surface area contributed by atoms with Crippen LogP contribution in [0.15, 0.2) is 47.4 Å². The van der Waals surface area contributed by atoms with Crippen LogP contribution in [0.25, 0.3) is 0 Å². The summed E-state index contributed by atoms with van der Waals surface area (Å²) in [6.07, 6.45) is -0.106. The average Bonchev–Trinajstić information content (AvgIpc) is 2.82. The summed E-state index contributed by atoms with van der Waals surface area (Å²) in [4.78, 5) is 18.0. The molecule has 0 fully saturated rings. The third-order valence-electron chi connectivity index (χ3n) is 5.03. The van der Waals surface area contributed by atoms with Gasteiger partial charge in [-0.3, -0.25) is 4.79 Å². The molecule has 1 aliphatic rings. The smallest absolute Gasteiger partial charge is 0.257 e. The first-order chi connectivity index (χ1) is 13.9. The van der Waals surface area contributed by atoms with E-state index in [9.17, 15) is 9.90 Å². The van der Waals surface area contributed by atoms with Gasteiger partial charge in [0, 0.05) is 23.0 Å². The van der Waals surface area contributed by atoms with Gasteiger partial charge in [-0.25, -0.2) is 0 Å².